The fourth-order valence-electron chi connectivity index (χ4n) is 3.00. The number of benzene rings is 1. The van der Waals surface area contributed by atoms with Crippen LogP contribution in [0.3, 0.4) is 0 Å². The molecule has 0 bridgehead atoms. The lowest BCUT2D eigenvalue weighted by Gasteiger charge is -2.38. The standard InChI is InChI=1S/C18H26OS2/c1-4-18(20-10-7-11-21-18)13-15(12-14(2)3)16-8-5-6-9-17(16)19/h5-6,8-9,15,19H,2,4,7,10-13H2,1,3H3. The molecule has 116 valence electrons. The van der Waals surface area contributed by atoms with Crippen LogP contribution < -0.4 is 0 Å². The molecule has 0 amide bonds. The summed E-state index contributed by atoms with van der Waals surface area (Å²) in [6.45, 7) is 8.49. The minimum atomic E-state index is 0.306. The summed E-state index contributed by atoms with van der Waals surface area (Å²) in [7, 11) is 0. The van der Waals surface area contributed by atoms with Crippen molar-refractivity contribution < 1.29 is 5.11 Å². The molecule has 0 saturated carbocycles. The third-order valence-corrected chi connectivity index (χ3v) is 7.74. The molecule has 1 heterocycles. The summed E-state index contributed by atoms with van der Waals surface area (Å²) in [6.07, 6.45) is 4.57. The normalized spacial score (nSPS) is 19.1. The molecule has 0 aromatic heterocycles. The van der Waals surface area contributed by atoms with Crippen LogP contribution in [0.2, 0.25) is 0 Å². The highest BCUT2D eigenvalue weighted by Crippen LogP contribution is 2.51. The molecule has 1 nitrogen and oxygen atoms in total. The van der Waals surface area contributed by atoms with Gasteiger partial charge in [-0.3, -0.25) is 0 Å². The van der Waals surface area contributed by atoms with Crippen molar-refractivity contribution in [3.63, 3.8) is 0 Å². The van der Waals surface area contributed by atoms with Crippen LogP contribution in [-0.2, 0) is 0 Å². The molecule has 1 saturated heterocycles. The van der Waals surface area contributed by atoms with Crippen LogP contribution in [-0.4, -0.2) is 20.7 Å². The average molecular weight is 323 g/mol. The maximum absolute atomic E-state index is 10.2. The number of hydrogen-bond donors (Lipinski definition) is 1. The van der Waals surface area contributed by atoms with Gasteiger partial charge in [-0.1, -0.05) is 30.7 Å². The van der Waals surface area contributed by atoms with E-state index in [2.05, 4.69) is 50.0 Å². The zero-order valence-corrected chi connectivity index (χ0v) is 14.7. The zero-order chi connectivity index (χ0) is 15.3. The Bertz CT molecular complexity index is 478. The molecule has 1 aliphatic rings. The summed E-state index contributed by atoms with van der Waals surface area (Å²) in [4.78, 5) is 0. The van der Waals surface area contributed by atoms with Gasteiger partial charge in [-0.2, -0.15) is 0 Å². The summed E-state index contributed by atoms with van der Waals surface area (Å²) in [5.74, 6) is 3.32. The fourth-order valence-corrected chi connectivity index (χ4v) is 6.39. The highest BCUT2D eigenvalue weighted by molar-refractivity contribution is 8.18. The van der Waals surface area contributed by atoms with Crippen molar-refractivity contribution in [3.05, 3.63) is 42.0 Å². The Balaban J connectivity index is 2.23. The van der Waals surface area contributed by atoms with Crippen LogP contribution in [0.15, 0.2) is 36.4 Å². The van der Waals surface area contributed by atoms with Crippen molar-refractivity contribution in [1.29, 1.82) is 0 Å². The van der Waals surface area contributed by atoms with Crippen molar-refractivity contribution in [2.75, 3.05) is 11.5 Å². The van der Waals surface area contributed by atoms with Crippen LogP contribution in [0.5, 0.6) is 5.75 Å². The molecular formula is C18H26OS2. The third kappa shape index (κ3) is 4.46. The van der Waals surface area contributed by atoms with E-state index in [1.807, 2.05) is 12.1 Å². The molecule has 0 aliphatic carbocycles. The van der Waals surface area contributed by atoms with Gasteiger partial charge in [-0.25, -0.2) is 0 Å². The first-order valence-electron chi connectivity index (χ1n) is 7.76. The monoisotopic (exact) mass is 322 g/mol. The Labute approximate surface area is 137 Å². The third-order valence-electron chi connectivity index (χ3n) is 4.09. The van der Waals surface area contributed by atoms with E-state index in [1.54, 1.807) is 6.07 Å². The number of thioether (sulfide) groups is 2. The first kappa shape index (κ1) is 16.8. The first-order chi connectivity index (χ1) is 10.1. The van der Waals surface area contributed by atoms with Gasteiger partial charge in [0.05, 0.1) is 4.08 Å². The first-order valence-corrected chi connectivity index (χ1v) is 9.73. The SMILES string of the molecule is C=C(C)CC(CC1(CC)SCCCS1)c1ccccc1O. The maximum Gasteiger partial charge on any atom is 0.119 e. The van der Waals surface area contributed by atoms with Gasteiger partial charge < -0.3 is 5.11 Å². The number of allylic oxidation sites excluding steroid dienone is 1. The lowest BCUT2D eigenvalue weighted by molar-refractivity contribution is 0.452. The molecule has 0 spiro atoms. The summed E-state index contributed by atoms with van der Waals surface area (Å²) in [6, 6.07) is 7.81. The van der Waals surface area contributed by atoms with Gasteiger partial charge >= 0.3 is 0 Å². The van der Waals surface area contributed by atoms with E-state index >= 15 is 0 Å². The van der Waals surface area contributed by atoms with Crippen LogP contribution in [0, 0.1) is 0 Å². The molecule has 3 heteroatoms. The zero-order valence-electron chi connectivity index (χ0n) is 13.1. The Kier molecular flexibility index (Phi) is 6.12. The molecule has 2 rings (SSSR count). The summed E-state index contributed by atoms with van der Waals surface area (Å²) < 4.78 is 0.306. The van der Waals surface area contributed by atoms with Gasteiger partial charge in [0.15, 0.2) is 0 Å². The molecule has 1 aromatic rings. The topological polar surface area (TPSA) is 20.2 Å². The molecule has 1 aromatic carbocycles. The summed E-state index contributed by atoms with van der Waals surface area (Å²) in [5, 5.41) is 10.2. The van der Waals surface area contributed by atoms with Crippen molar-refractivity contribution in [2.45, 2.75) is 49.5 Å². The van der Waals surface area contributed by atoms with Crippen molar-refractivity contribution in [1.82, 2.24) is 0 Å². The molecule has 1 aliphatic heterocycles. The van der Waals surface area contributed by atoms with E-state index in [4.69, 9.17) is 0 Å². The Hall–Kier alpha value is -0.540. The van der Waals surface area contributed by atoms with Gasteiger partial charge in [0.25, 0.3) is 0 Å². The molecular weight excluding hydrogens is 296 g/mol. The van der Waals surface area contributed by atoms with Gasteiger partial charge in [-0.15, -0.1) is 30.1 Å². The number of aromatic hydroxyl groups is 1. The van der Waals surface area contributed by atoms with Gasteiger partial charge in [0, 0.05) is 0 Å². The minimum absolute atomic E-state index is 0.306. The van der Waals surface area contributed by atoms with Crippen LogP contribution >= 0.6 is 23.5 Å². The number of rotatable bonds is 6. The van der Waals surface area contributed by atoms with Crippen molar-refractivity contribution in [2.24, 2.45) is 0 Å². The van der Waals surface area contributed by atoms with Gasteiger partial charge in [0.2, 0.25) is 0 Å². The Morgan fingerprint density at radius 1 is 1.33 bits per heavy atom. The number of phenols is 1. The summed E-state index contributed by atoms with van der Waals surface area (Å²) >= 11 is 4.24. The molecule has 1 fully saturated rings. The van der Waals surface area contributed by atoms with Crippen molar-refractivity contribution >= 4 is 23.5 Å². The predicted molar refractivity (Wildman–Crippen MR) is 97.5 cm³/mol. The second kappa shape index (κ2) is 7.64. The maximum atomic E-state index is 10.2. The molecule has 1 atom stereocenters. The highest BCUT2D eigenvalue weighted by Gasteiger charge is 2.35. The van der Waals surface area contributed by atoms with E-state index < -0.39 is 0 Å². The molecule has 0 radical (unpaired) electrons. The van der Waals surface area contributed by atoms with Gasteiger partial charge in [-0.05, 0) is 61.7 Å². The fraction of sp³-hybridized carbons (Fsp3) is 0.556. The highest BCUT2D eigenvalue weighted by atomic mass is 32.2. The quantitative estimate of drug-likeness (QED) is 0.667. The van der Waals surface area contributed by atoms with Crippen LogP contribution in [0.4, 0.5) is 0 Å². The Morgan fingerprint density at radius 2 is 2.00 bits per heavy atom. The second-order valence-corrected chi connectivity index (χ2v) is 9.15. The van der Waals surface area contributed by atoms with Crippen LogP contribution in [0.25, 0.3) is 0 Å². The van der Waals surface area contributed by atoms with E-state index in [0.717, 1.165) is 18.4 Å². The largest absolute Gasteiger partial charge is 0.508 e. The lowest BCUT2D eigenvalue weighted by atomic mass is 9.87. The number of hydrogen-bond acceptors (Lipinski definition) is 3. The molecule has 1 unspecified atom stereocenters. The van der Waals surface area contributed by atoms with E-state index in [-0.39, 0.29) is 0 Å². The predicted octanol–water partition coefficient (Wildman–Crippen LogP) is 5.81. The second-order valence-electron chi connectivity index (χ2n) is 5.94. The molecule has 1 N–H and O–H groups in total. The number of para-hydroxylation sites is 1. The van der Waals surface area contributed by atoms with E-state index in [9.17, 15) is 5.11 Å². The Morgan fingerprint density at radius 3 is 2.57 bits per heavy atom. The van der Waals surface area contributed by atoms with E-state index in [1.165, 1.54) is 29.9 Å². The summed E-state index contributed by atoms with van der Waals surface area (Å²) in [5.41, 5.74) is 2.28. The van der Waals surface area contributed by atoms with Gasteiger partial charge in [0.1, 0.15) is 5.75 Å². The van der Waals surface area contributed by atoms with Crippen molar-refractivity contribution in [3.8, 4) is 5.75 Å². The van der Waals surface area contributed by atoms with Crippen LogP contribution in [0.1, 0.15) is 51.0 Å². The minimum Gasteiger partial charge on any atom is -0.508 e. The average Bonchev–Trinajstić information content (AvgIpc) is 2.47. The van der Waals surface area contributed by atoms with E-state index in [0.29, 0.717) is 15.7 Å². The molecule has 21 heavy (non-hydrogen) atoms. The lowest BCUT2D eigenvalue weighted by Crippen LogP contribution is -2.27. The number of phenolic OH excluding ortho intramolecular Hbond substituents is 1. The smallest absolute Gasteiger partial charge is 0.119 e.